The first-order valence-corrected chi connectivity index (χ1v) is 11.1. The molecule has 0 N–H and O–H groups in total. The highest BCUT2D eigenvalue weighted by atomic mass is 16.5. The highest BCUT2D eigenvalue weighted by molar-refractivity contribution is 5.80. The molecule has 1 saturated carbocycles. The molecule has 0 unspecified atom stereocenters. The van der Waals surface area contributed by atoms with Crippen LogP contribution >= 0.6 is 0 Å². The van der Waals surface area contributed by atoms with Crippen LogP contribution in [0.5, 0.6) is 5.75 Å². The zero-order valence-corrected chi connectivity index (χ0v) is 18.8. The Morgan fingerprint density at radius 2 is 1.77 bits per heavy atom. The minimum Gasteiger partial charge on any atom is -0.497 e. The molecular weight excluding hydrogens is 392 g/mol. The normalized spacial score (nSPS) is 16.9. The smallest absolute Gasteiger partial charge is 0.225 e. The van der Waals surface area contributed by atoms with Gasteiger partial charge in [0, 0.05) is 51.2 Å². The number of aromatic nitrogens is 2. The lowest BCUT2D eigenvalue weighted by molar-refractivity contribution is -0.138. The summed E-state index contributed by atoms with van der Waals surface area (Å²) in [6, 6.07) is 8.11. The minimum absolute atomic E-state index is 0.256. The molecule has 0 atom stereocenters. The molecule has 1 amide bonds. The largest absolute Gasteiger partial charge is 0.497 e. The zero-order chi connectivity index (χ0) is 21.8. The second-order valence-electron chi connectivity index (χ2n) is 8.42. The van der Waals surface area contributed by atoms with E-state index >= 15 is 0 Å². The van der Waals surface area contributed by atoms with Gasteiger partial charge in [0.2, 0.25) is 5.91 Å². The lowest BCUT2D eigenvalue weighted by Gasteiger charge is -2.39. The molecule has 0 spiro atoms. The third-order valence-corrected chi connectivity index (χ3v) is 6.35. The van der Waals surface area contributed by atoms with E-state index in [0.717, 1.165) is 74.1 Å². The van der Waals surface area contributed by atoms with Crippen molar-refractivity contribution in [3.63, 3.8) is 0 Å². The fourth-order valence-corrected chi connectivity index (χ4v) is 4.34. The van der Waals surface area contributed by atoms with Gasteiger partial charge in [-0.3, -0.25) is 4.79 Å². The summed E-state index contributed by atoms with van der Waals surface area (Å²) in [6.45, 7) is 5.45. The van der Waals surface area contributed by atoms with Crippen LogP contribution in [0.4, 0.5) is 5.82 Å². The van der Waals surface area contributed by atoms with Gasteiger partial charge in [0.15, 0.2) is 0 Å². The van der Waals surface area contributed by atoms with E-state index in [2.05, 4.69) is 22.0 Å². The first-order valence-electron chi connectivity index (χ1n) is 11.1. The number of benzene rings is 1. The van der Waals surface area contributed by atoms with Crippen molar-refractivity contribution in [2.75, 3.05) is 45.3 Å². The Morgan fingerprint density at radius 3 is 2.35 bits per heavy atom. The number of piperazine rings is 1. The van der Waals surface area contributed by atoms with Crippen LogP contribution in [0.25, 0.3) is 0 Å². The van der Waals surface area contributed by atoms with Gasteiger partial charge in [-0.15, -0.1) is 0 Å². The number of rotatable bonds is 7. The van der Waals surface area contributed by atoms with Gasteiger partial charge in [0.1, 0.15) is 17.4 Å². The first-order chi connectivity index (χ1) is 15.1. The summed E-state index contributed by atoms with van der Waals surface area (Å²) < 4.78 is 10.7. The molecule has 2 aliphatic rings. The average Bonchev–Trinajstić information content (AvgIpc) is 2.75. The summed E-state index contributed by atoms with van der Waals surface area (Å²) >= 11 is 0. The van der Waals surface area contributed by atoms with Crippen molar-refractivity contribution in [2.24, 2.45) is 5.92 Å². The van der Waals surface area contributed by atoms with Crippen molar-refractivity contribution in [1.29, 1.82) is 0 Å². The van der Waals surface area contributed by atoms with Crippen molar-refractivity contribution < 1.29 is 14.3 Å². The number of nitrogens with zero attached hydrogens (tertiary/aromatic N) is 4. The Bertz CT molecular complexity index is 904. The molecule has 0 bridgehead atoms. The maximum Gasteiger partial charge on any atom is 0.225 e. The van der Waals surface area contributed by atoms with Crippen molar-refractivity contribution in [1.82, 2.24) is 14.9 Å². The molecule has 1 aromatic carbocycles. The molecule has 2 fully saturated rings. The molecule has 1 saturated heterocycles. The lowest BCUT2D eigenvalue weighted by atomic mass is 9.84. The Balaban J connectivity index is 1.56. The summed E-state index contributed by atoms with van der Waals surface area (Å²) in [5.41, 5.74) is 3.19. The van der Waals surface area contributed by atoms with E-state index in [1.165, 1.54) is 12.0 Å². The second-order valence-corrected chi connectivity index (χ2v) is 8.42. The van der Waals surface area contributed by atoms with Crippen LogP contribution in [0.15, 0.2) is 24.3 Å². The fourth-order valence-electron chi connectivity index (χ4n) is 4.34. The van der Waals surface area contributed by atoms with Crippen LogP contribution in [0.3, 0.4) is 0 Å². The minimum atomic E-state index is 0.256. The average molecular weight is 425 g/mol. The predicted molar refractivity (Wildman–Crippen MR) is 119 cm³/mol. The number of hydrogen-bond donors (Lipinski definition) is 0. The Hall–Kier alpha value is -2.67. The van der Waals surface area contributed by atoms with Crippen molar-refractivity contribution >= 4 is 11.7 Å². The molecule has 7 nitrogen and oxygen atoms in total. The molecule has 4 rings (SSSR count). The number of amides is 1. The molecule has 31 heavy (non-hydrogen) atoms. The SMILES string of the molecule is COCc1nc(C)nc(N2CCN(C(=O)C3CCC3)CC2)c1Cc1ccc(OC)cc1. The van der Waals surface area contributed by atoms with Crippen molar-refractivity contribution in [3.8, 4) is 5.75 Å². The molecule has 2 heterocycles. The number of anilines is 1. The standard InChI is InChI=1S/C24H32N4O3/c1-17-25-22(16-30-2)21(15-18-7-9-20(31-3)10-8-18)23(26-17)27-11-13-28(14-12-27)24(29)19-5-4-6-19/h7-10,19H,4-6,11-16H2,1-3H3. The predicted octanol–water partition coefficient (Wildman–Crippen LogP) is 2.98. The van der Waals surface area contributed by atoms with Crippen LogP contribution in [0.1, 0.15) is 41.9 Å². The van der Waals surface area contributed by atoms with Crippen LogP contribution in [-0.4, -0.2) is 61.2 Å². The molecule has 1 aliphatic heterocycles. The number of hydrogen-bond acceptors (Lipinski definition) is 6. The third-order valence-electron chi connectivity index (χ3n) is 6.35. The summed E-state index contributed by atoms with van der Waals surface area (Å²) in [5, 5.41) is 0. The number of methoxy groups -OCH3 is 2. The second kappa shape index (κ2) is 9.64. The third kappa shape index (κ3) is 4.82. The molecule has 166 valence electrons. The van der Waals surface area contributed by atoms with E-state index in [9.17, 15) is 4.79 Å². The van der Waals surface area contributed by atoms with Gasteiger partial charge in [0.05, 0.1) is 19.4 Å². The highest BCUT2D eigenvalue weighted by Crippen LogP contribution is 2.30. The van der Waals surface area contributed by atoms with Crippen LogP contribution in [-0.2, 0) is 22.6 Å². The topological polar surface area (TPSA) is 67.8 Å². The molecule has 1 aliphatic carbocycles. The first kappa shape index (κ1) is 21.6. The van der Waals surface area contributed by atoms with E-state index < -0.39 is 0 Å². The van der Waals surface area contributed by atoms with E-state index in [1.807, 2.05) is 24.0 Å². The lowest BCUT2D eigenvalue weighted by Crippen LogP contribution is -2.51. The van der Waals surface area contributed by atoms with Gasteiger partial charge in [-0.25, -0.2) is 9.97 Å². The summed E-state index contributed by atoms with van der Waals surface area (Å²) in [5.74, 6) is 3.14. The Kier molecular flexibility index (Phi) is 6.70. The maximum atomic E-state index is 12.6. The maximum absolute atomic E-state index is 12.6. The van der Waals surface area contributed by atoms with Crippen LogP contribution in [0.2, 0.25) is 0 Å². The van der Waals surface area contributed by atoms with E-state index in [0.29, 0.717) is 12.5 Å². The van der Waals surface area contributed by atoms with Gasteiger partial charge in [0.25, 0.3) is 0 Å². The van der Waals surface area contributed by atoms with E-state index in [-0.39, 0.29) is 5.92 Å². The number of ether oxygens (including phenoxy) is 2. The Labute approximate surface area is 184 Å². The fraction of sp³-hybridized carbons (Fsp3) is 0.542. The van der Waals surface area contributed by atoms with Crippen LogP contribution in [0, 0.1) is 12.8 Å². The van der Waals surface area contributed by atoms with Crippen LogP contribution < -0.4 is 9.64 Å². The van der Waals surface area contributed by atoms with E-state index in [1.54, 1.807) is 14.2 Å². The number of carbonyl (C=O) groups is 1. The Morgan fingerprint density at radius 1 is 1.06 bits per heavy atom. The van der Waals surface area contributed by atoms with Crippen molar-refractivity contribution in [3.05, 3.63) is 46.9 Å². The molecular formula is C24H32N4O3. The highest BCUT2D eigenvalue weighted by Gasteiger charge is 2.32. The number of carbonyl (C=O) groups excluding carboxylic acids is 1. The molecule has 1 aromatic heterocycles. The van der Waals surface area contributed by atoms with Gasteiger partial charge >= 0.3 is 0 Å². The van der Waals surface area contributed by atoms with Gasteiger partial charge in [-0.1, -0.05) is 18.6 Å². The van der Waals surface area contributed by atoms with Crippen molar-refractivity contribution in [2.45, 2.75) is 39.2 Å². The summed E-state index contributed by atoms with van der Waals surface area (Å²) in [6.07, 6.45) is 4.01. The summed E-state index contributed by atoms with van der Waals surface area (Å²) in [4.78, 5) is 26.5. The van der Waals surface area contributed by atoms with Gasteiger partial charge in [-0.05, 0) is 37.5 Å². The molecule has 2 aromatic rings. The zero-order valence-electron chi connectivity index (χ0n) is 18.8. The number of aryl methyl sites for hydroxylation is 1. The monoisotopic (exact) mass is 424 g/mol. The van der Waals surface area contributed by atoms with E-state index in [4.69, 9.17) is 14.5 Å². The van der Waals surface area contributed by atoms with Gasteiger partial charge < -0.3 is 19.3 Å². The summed E-state index contributed by atoms with van der Waals surface area (Å²) in [7, 11) is 3.37. The quantitative estimate of drug-likeness (QED) is 0.681. The van der Waals surface area contributed by atoms with Gasteiger partial charge in [-0.2, -0.15) is 0 Å². The molecule has 7 heteroatoms. The molecule has 0 radical (unpaired) electrons.